The SMILES string of the molecule is COCCCCOc1ccccc1C(=O)NCC(CC(N)C(O)CNC(=O)C(F)(F)C1CCCCC1)C(C)C.Cl. The van der Waals surface area contributed by atoms with E-state index in [0.717, 1.165) is 19.3 Å². The lowest BCUT2D eigenvalue weighted by atomic mass is 9.84. The van der Waals surface area contributed by atoms with Crippen LogP contribution in [0, 0.1) is 17.8 Å². The Hall–Kier alpha value is -2.01. The van der Waals surface area contributed by atoms with Crippen LogP contribution in [0.25, 0.3) is 0 Å². The van der Waals surface area contributed by atoms with Crippen LogP contribution < -0.4 is 21.1 Å². The number of aliphatic hydroxyl groups excluding tert-OH is 1. The number of halogens is 3. The summed E-state index contributed by atoms with van der Waals surface area (Å²) < 4.78 is 40.0. The van der Waals surface area contributed by atoms with Crippen molar-refractivity contribution in [3.63, 3.8) is 0 Å². The predicted molar refractivity (Wildman–Crippen MR) is 154 cm³/mol. The van der Waals surface area contributed by atoms with Crippen LogP contribution in [-0.4, -0.2) is 68.4 Å². The molecule has 11 heteroatoms. The molecular formula is C29H48ClF2N3O5. The number of amides is 2. The van der Waals surface area contributed by atoms with Gasteiger partial charge in [0.2, 0.25) is 0 Å². The summed E-state index contributed by atoms with van der Waals surface area (Å²) in [6.07, 6.45) is 3.77. The molecule has 3 atom stereocenters. The monoisotopic (exact) mass is 591 g/mol. The van der Waals surface area contributed by atoms with Crippen molar-refractivity contribution in [2.75, 3.05) is 33.4 Å². The molecule has 0 aromatic heterocycles. The number of unbranched alkanes of at least 4 members (excludes halogenated alkanes) is 1. The maximum Gasteiger partial charge on any atom is 0.327 e. The zero-order chi connectivity index (χ0) is 28.8. The molecule has 0 saturated heterocycles. The summed E-state index contributed by atoms with van der Waals surface area (Å²) >= 11 is 0. The second-order valence-corrected chi connectivity index (χ2v) is 10.9. The maximum atomic E-state index is 14.6. The van der Waals surface area contributed by atoms with Gasteiger partial charge in [0.05, 0.1) is 18.3 Å². The fraction of sp³-hybridized carbons (Fsp3) is 0.724. The molecule has 0 bridgehead atoms. The zero-order valence-electron chi connectivity index (χ0n) is 24.0. The van der Waals surface area contributed by atoms with E-state index in [1.807, 2.05) is 19.9 Å². The summed E-state index contributed by atoms with van der Waals surface area (Å²) in [5.74, 6) is -5.51. The zero-order valence-corrected chi connectivity index (χ0v) is 24.8. The number of benzene rings is 1. The van der Waals surface area contributed by atoms with Crippen molar-refractivity contribution < 1.29 is 33.0 Å². The molecule has 1 aliphatic rings. The van der Waals surface area contributed by atoms with E-state index in [2.05, 4.69) is 10.6 Å². The fourth-order valence-electron chi connectivity index (χ4n) is 4.84. The minimum absolute atomic E-state index is 0. The van der Waals surface area contributed by atoms with Gasteiger partial charge in [-0.05, 0) is 56.1 Å². The molecule has 1 saturated carbocycles. The first kappa shape index (κ1) is 36.0. The number of rotatable bonds is 17. The molecule has 8 nitrogen and oxygen atoms in total. The third-order valence-electron chi connectivity index (χ3n) is 7.56. The van der Waals surface area contributed by atoms with Crippen molar-refractivity contribution in [2.45, 2.75) is 83.3 Å². The molecule has 0 heterocycles. The van der Waals surface area contributed by atoms with Gasteiger partial charge in [-0.2, -0.15) is 8.78 Å². The van der Waals surface area contributed by atoms with Gasteiger partial charge < -0.3 is 30.9 Å². The van der Waals surface area contributed by atoms with Crippen molar-refractivity contribution in [1.82, 2.24) is 10.6 Å². The molecule has 1 aliphatic carbocycles. The maximum absolute atomic E-state index is 14.6. The molecule has 2 rings (SSSR count). The van der Waals surface area contributed by atoms with E-state index < -0.39 is 29.9 Å². The van der Waals surface area contributed by atoms with Crippen LogP contribution in [0.2, 0.25) is 0 Å². The summed E-state index contributed by atoms with van der Waals surface area (Å²) in [6, 6.07) is 6.27. The van der Waals surface area contributed by atoms with Crippen molar-refractivity contribution in [1.29, 1.82) is 0 Å². The van der Waals surface area contributed by atoms with Crippen LogP contribution in [0.15, 0.2) is 24.3 Å². The van der Waals surface area contributed by atoms with E-state index in [1.165, 1.54) is 0 Å². The Balaban J connectivity index is 0.00000800. The molecule has 0 aliphatic heterocycles. The number of nitrogens with two attached hydrogens (primary N) is 1. The van der Waals surface area contributed by atoms with Gasteiger partial charge in [0.15, 0.2) is 0 Å². The minimum Gasteiger partial charge on any atom is -0.493 e. The summed E-state index contributed by atoms with van der Waals surface area (Å²) in [5.41, 5.74) is 6.62. The number of carbonyl (C=O) groups is 2. The van der Waals surface area contributed by atoms with E-state index >= 15 is 0 Å². The highest BCUT2D eigenvalue weighted by Gasteiger charge is 2.47. The number of hydrogen-bond acceptors (Lipinski definition) is 6. The van der Waals surface area contributed by atoms with Crippen LogP contribution in [0.4, 0.5) is 8.78 Å². The van der Waals surface area contributed by atoms with Crippen molar-refractivity contribution in [2.24, 2.45) is 23.5 Å². The second kappa shape index (κ2) is 18.4. The number of alkyl halides is 2. The lowest BCUT2D eigenvalue weighted by Gasteiger charge is -2.30. The van der Waals surface area contributed by atoms with Gasteiger partial charge in [0.25, 0.3) is 11.8 Å². The average Bonchev–Trinajstić information content (AvgIpc) is 2.93. The summed E-state index contributed by atoms with van der Waals surface area (Å²) in [6.45, 7) is 5.05. The van der Waals surface area contributed by atoms with Crippen LogP contribution >= 0.6 is 12.4 Å². The van der Waals surface area contributed by atoms with Crippen LogP contribution in [-0.2, 0) is 9.53 Å². The third kappa shape index (κ3) is 11.5. The molecule has 3 unspecified atom stereocenters. The highest BCUT2D eigenvalue weighted by molar-refractivity contribution is 5.96. The summed E-state index contributed by atoms with van der Waals surface area (Å²) in [7, 11) is 1.65. The molecule has 2 amide bonds. The first-order valence-corrected chi connectivity index (χ1v) is 14.2. The van der Waals surface area contributed by atoms with E-state index in [-0.39, 0.29) is 36.7 Å². The number of nitrogens with one attached hydrogen (secondary N) is 2. The van der Waals surface area contributed by atoms with Gasteiger partial charge in [-0.3, -0.25) is 9.59 Å². The second-order valence-electron chi connectivity index (χ2n) is 10.9. The van der Waals surface area contributed by atoms with E-state index in [9.17, 15) is 23.5 Å². The lowest BCUT2D eigenvalue weighted by Crippen LogP contribution is -2.51. The largest absolute Gasteiger partial charge is 0.493 e. The minimum atomic E-state index is -3.46. The smallest absolute Gasteiger partial charge is 0.327 e. The van der Waals surface area contributed by atoms with Crippen molar-refractivity contribution >= 4 is 24.2 Å². The Labute approximate surface area is 243 Å². The molecule has 230 valence electrons. The molecule has 1 fully saturated rings. The quantitative estimate of drug-likeness (QED) is 0.200. The Kier molecular flexibility index (Phi) is 16.6. The van der Waals surface area contributed by atoms with Gasteiger partial charge in [0, 0.05) is 38.8 Å². The van der Waals surface area contributed by atoms with Crippen molar-refractivity contribution in [3.8, 4) is 5.75 Å². The molecule has 1 aromatic carbocycles. The molecule has 0 spiro atoms. The van der Waals surface area contributed by atoms with Gasteiger partial charge in [-0.1, -0.05) is 45.2 Å². The Morgan fingerprint density at radius 2 is 1.73 bits per heavy atom. The molecule has 1 aromatic rings. The summed E-state index contributed by atoms with van der Waals surface area (Å²) in [4.78, 5) is 25.1. The molecule has 40 heavy (non-hydrogen) atoms. The van der Waals surface area contributed by atoms with Gasteiger partial charge in [-0.25, -0.2) is 0 Å². The van der Waals surface area contributed by atoms with Gasteiger partial charge >= 0.3 is 5.92 Å². The third-order valence-corrected chi connectivity index (χ3v) is 7.56. The molecule has 5 N–H and O–H groups in total. The topological polar surface area (TPSA) is 123 Å². The van der Waals surface area contributed by atoms with Crippen LogP contribution in [0.3, 0.4) is 0 Å². The Morgan fingerprint density at radius 3 is 2.38 bits per heavy atom. The number of ether oxygens (including phenoxy) is 2. The number of carbonyl (C=O) groups excluding carboxylic acids is 2. The number of aliphatic hydroxyl groups is 1. The first-order valence-electron chi connectivity index (χ1n) is 14.2. The Bertz CT molecular complexity index is 887. The fourth-order valence-corrected chi connectivity index (χ4v) is 4.84. The number of para-hydroxylation sites is 1. The standard InChI is InChI=1S/C29H47F2N3O5.ClH/c1-20(2)21(18-33-27(36)23-13-7-8-14-26(23)39-16-10-9-15-38-3)17-24(32)25(35)19-34-28(37)29(30,31)22-11-5-4-6-12-22;/h7-8,13-14,20-22,24-25,35H,4-6,9-12,15-19,32H2,1-3H3,(H,33,36)(H,34,37);1H. The van der Waals surface area contributed by atoms with Crippen LogP contribution in [0.5, 0.6) is 5.75 Å². The predicted octanol–water partition coefficient (Wildman–Crippen LogP) is 4.33. The average molecular weight is 592 g/mol. The van der Waals surface area contributed by atoms with Crippen LogP contribution in [0.1, 0.15) is 75.6 Å². The summed E-state index contributed by atoms with van der Waals surface area (Å²) in [5, 5.41) is 15.6. The highest BCUT2D eigenvalue weighted by Crippen LogP contribution is 2.36. The number of hydrogen-bond donors (Lipinski definition) is 4. The van der Waals surface area contributed by atoms with Gasteiger partial charge in [-0.15, -0.1) is 12.4 Å². The van der Waals surface area contributed by atoms with E-state index in [0.29, 0.717) is 63.2 Å². The molecular weight excluding hydrogens is 544 g/mol. The lowest BCUT2D eigenvalue weighted by molar-refractivity contribution is -0.156. The number of methoxy groups -OCH3 is 1. The first-order chi connectivity index (χ1) is 18.6. The molecule has 0 radical (unpaired) electrons. The Morgan fingerprint density at radius 1 is 1.07 bits per heavy atom. The van der Waals surface area contributed by atoms with E-state index in [4.69, 9.17) is 15.2 Å². The van der Waals surface area contributed by atoms with Crippen molar-refractivity contribution in [3.05, 3.63) is 29.8 Å². The normalized spacial score (nSPS) is 16.5. The van der Waals surface area contributed by atoms with E-state index in [1.54, 1.807) is 25.3 Å². The van der Waals surface area contributed by atoms with Gasteiger partial charge in [0.1, 0.15) is 5.75 Å². The highest BCUT2D eigenvalue weighted by atomic mass is 35.5.